The molecule has 0 aromatic carbocycles. The standard InChI is InChI=1S/C10H20N2O2.ClH/c1-8(7-14-2)10(13)12-4-3-9(5-11)6-12;/h8-9H,3-7,11H2,1-2H3;1H. The molecule has 1 aliphatic heterocycles. The highest BCUT2D eigenvalue weighted by molar-refractivity contribution is 5.85. The first-order valence-electron chi connectivity index (χ1n) is 5.16. The van der Waals surface area contributed by atoms with Crippen molar-refractivity contribution < 1.29 is 9.53 Å². The van der Waals surface area contributed by atoms with Crippen LogP contribution in [0.4, 0.5) is 0 Å². The zero-order chi connectivity index (χ0) is 10.6. The van der Waals surface area contributed by atoms with Crippen LogP contribution in [0.5, 0.6) is 0 Å². The summed E-state index contributed by atoms with van der Waals surface area (Å²) in [6, 6.07) is 0. The Kier molecular flexibility index (Phi) is 6.89. The molecule has 5 heteroatoms. The molecular weight excluding hydrogens is 216 g/mol. The van der Waals surface area contributed by atoms with Crippen LogP contribution >= 0.6 is 12.4 Å². The third-order valence-electron chi connectivity index (χ3n) is 2.77. The number of nitrogens with zero attached hydrogens (tertiary/aromatic N) is 1. The second-order valence-electron chi connectivity index (χ2n) is 4.03. The molecule has 0 aromatic heterocycles. The molecule has 0 saturated carbocycles. The van der Waals surface area contributed by atoms with E-state index < -0.39 is 0 Å². The number of hydrogen-bond acceptors (Lipinski definition) is 3. The Morgan fingerprint density at radius 3 is 2.80 bits per heavy atom. The summed E-state index contributed by atoms with van der Waals surface area (Å²) in [5.74, 6) is 0.660. The lowest BCUT2D eigenvalue weighted by atomic mass is 10.1. The molecule has 1 heterocycles. The third-order valence-corrected chi connectivity index (χ3v) is 2.77. The van der Waals surface area contributed by atoms with Gasteiger partial charge in [0, 0.05) is 20.2 Å². The Hall–Kier alpha value is -0.320. The lowest BCUT2D eigenvalue weighted by Crippen LogP contribution is -2.35. The molecule has 15 heavy (non-hydrogen) atoms. The van der Waals surface area contributed by atoms with E-state index >= 15 is 0 Å². The molecule has 2 unspecified atom stereocenters. The Morgan fingerprint density at radius 2 is 2.33 bits per heavy atom. The maximum Gasteiger partial charge on any atom is 0.227 e. The number of rotatable bonds is 4. The van der Waals surface area contributed by atoms with Crippen molar-refractivity contribution in [1.82, 2.24) is 4.90 Å². The van der Waals surface area contributed by atoms with E-state index in [4.69, 9.17) is 10.5 Å². The predicted octanol–water partition coefficient (Wildman–Crippen LogP) is 0.498. The molecule has 4 nitrogen and oxygen atoms in total. The van der Waals surface area contributed by atoms with E-state index in [1.54, 1.807) is 7.11 Å². The topological polar surface area (TPSA) is 55.6 Å². The van der Waals surface area contributed by atoms with Gasteiger partial charge in [0.2, 0.25) is 5.91 Å². The highest BCUT2D eigenvalue weighted by Crippen LogP contribution is 2.17. The van der Waals surface area contributed by atoms with E-state index in [0.717, 1.165) is 19.5 Å². The molecule has 1 fully saturated rings. The minimum Gasteiger partial charge on any atom is -0.384 e. The van der Waals surface area contributed by atoms with Crippen LogP contribution in [0, 0.1) is 11.8 Å². The van der Waals surface area contributed by atoms with Crippen LogP contribution in [-0.4, -0.2) is 44.2 Å². The number of methoxy groups -OCH3 is 1. The minimum absolute atomic E-state index is 0. The number of likely N-dealkylation sites (tertiary alicyclic amines) is 1. The Balaban J connectivity index is 0.00000196. The smallest absolute Gasteiger partial charge is 0.227 e. The highest BCUT2D eigenvalue weighted by atomic mass is 35.5. The van der Waals surface area contributed by atoms with E-state index in [2.05, 4.69) is 0 Å². The summed E-state index contributed by atoms with van der Waals surface area (Å²) in [5, 5.41) is 0. The quantitative estimate of drug-likeness (QED) is 0.774. The first kappa shape index (κ1) is 14.7. The lowest BCUT2D eigenvalue weighted by molar-refractivity contribution is -0.135. The van der Waals surface area contributed by atoms with E-state index in [1.807, 2.05) is 11.8 Å². The van der Waals surface area contributed by atoms with Gasteiger partial charge in [0.25, 0.3) is 0 Å². The summed E-state index contributed by atoms with van der Waals surface area (Å²) in [5.41, 5.74) is 5.57. The van der Waals surface area contributed by atoms with Crippen molar-refractivity contribution in [3.8, 4) is 0 Å². The molecule has 1 rings (SSSR count). The van der Waals surface area contributed by atoms with E-state index in [0.29, 0.717) is 19.1 Å². The summed E-state index contributed by atoms with van der Waals surface area (Å²) < 4.78 is 4.97. The molecule has 1 amide bonds. The van der Waals surface area contributed by atoms with Crippen LogP contribution in [-0.2, 0) is 9.53 Å². The summed E-state index contributed by atoms with van der Waals surface area (Å²) in [7, 11) is 1.62. The first-order chi connectivity index (χ1) is 6.69. The predicted molar refractivity (Wildman–Crippen MR) is 62.0 cm³/mol. The highest BCUT2D eigenvalue weighted by Gasteiger charge is 2.27. The fourth-order valence-electron chi connectivity index (χ4n) is 1.86. The Bertz CT molecular complexity index is 202. The van der Waals surface area contributed by atoms with Crippen molar-refractivity contribution in [1.29, 1.82) is 0 Å². The van der Waals surface area contributed by atoms with Gasteiger partial charge in [-0.05, 0) is 18.9 Å². The number of amides is 1. The molecule has 0 aliphatic carbocycles. The second-order valence-corrected chi connectivity index (χ2v) is 4.03. The molecule has 90 valence electrons. The monoisotopic (exact) mass is 236 g/mol. The number of carbonyl (C=O) groups excluding carboxylic acids is 1. The number of ether oxygens (including phenoxy) is 1. The molecule has 0 spiro atoms. The second kappa shape index (κ2) is 7.04. The number of halogens is 1. The van der Waals surface area contributed by atoms with Gasteiger partial charge in [0.15, 0.2) is 0 Å². The molecule has 1 aliphatic rings. The summed E-state index contributed by atoms with van der Waals surface area (Å²) >= 11 is 0. The molecule has 0 radical (unpaired) electrons. The Labute approximate surface area is 97.5 Å². The van der Waals surface area contributed by atoms with Crippen molar-refractivity contribution >= 4 is 18.3 Å². The van der Waals surface area contributed by atoms with E-state index in [1.165, 1.54) is 0 Å². The van der Waals surface area contributed by atoms with Crippen molar-refractivity contribution in [2.24, 2.45) is 17.6 Å². The molecule has 0 bridgehead atoms. The van der Waals surface area contributed by atoms with Gasteiger partial charge in [-0.1, -0.05) is 6.92 Å². The maximum absolute atomic E-state index is 11.8. The van der Waals surface area contributed by atoms with Crippen LogP contribution in [0.15, 0.2) is 0 Å². The van der Waals surface area contributed by atoms with Crippen molar-refractivity contribution in [3.05, 3.63) is 0 Å². The molecule has 2 N–H and O–H groups in total. The van der Waals surface area contributed by atoms with Crippen LogP contribution in [0.25, 0.3) is 0 Å². The lowest BCUT2D eigenvalue weighted by Gasteiger charge is -2.20. The van der Waals surface area contributed by atoms with Crippen molar-refractivity contribution in [3.63, 3.8) is 0 Å². The van der Waals surface area contributed by atoms with Crippen molar-refractivity contribution in [2.75, 3.05) is 33.4 Å². The van der Waals surface area contributed by atoms with Gasteiger partial charge in [-0.2, -0.15) is 0 Å². The van der Waals surface area contributed by atoms with E-state index in [9.17, 15) is 4.79 Å². The number of hydrogen-bond donors (Lipinski definition) is 1. The zero-order valence-electron chi connectivity index (χ0n) is 9.44. The van der Waals surface area contributed by atoms with Gasteiger partial charge in [-0.3, -0.25) is 4.79 Å². The fourth-order valence-corrected chi connectivity index (χ4v) is 1.86. The van der Waals surface area contributed by atoms with Gasteiger partial charge in [0.1, 0.15) is 0 Å². The van der Waals surface area contributed by atoms with Crippen LogP contribution in [0.2, 0.25) is 0 Å². The maximum atomic E-state index is 11.8. The summed E-state index contributed by atoms with van der Waals surface area (Å²) in [6.45, 7) is 4.77. The molecule has 1 saturated heterocycles. The largest absolute Gasteiger partial charge is 0.384 e. The van der Waals surface area contributed by atoms with E-state index in [-0.39, 0.29) is 24.2 Å². The summed E-state index contributed by atoms with van der Waals surface area (Å²) in [6.07, 6.45) is 1.04. The van der Waals surface area contributed by atoms with Gasteiger partial charge in [-0.15, -0.1) is 12.4 Å². The molecule has 0 aromatic rings. The average Bonchev–Trinajstić information content (AvgIpc) is 2.65. The number of carbonyl (C=O) groups is 1. The fraction of sp³-hybridized carbons (Fsp3) is 0.900. The third kappa shape index (κ3) is 3.97. The van der Waals surface area contributed by atoms with Crippen LogP contribution < -0.4 is 5.73 Å². The van der Waals surface area contributed by atoms with Crippen LogP contribution in [0.3, 0.4) is 0 Å². The van der Waals surface area contributed by atoms with Crippen LogP contribution in [0.1, 0.15) is 13.3 Å². The Morgan fingerprint density at radius 1 is 1.67 bits per heavy atom. The van der Waals surface area contributed by atoms with Crippen molar-refractivity contribution in [2.45, 2.75) is 13.3 Å². The van der Waals surface area contributed by atoms with Gasteiger partial charge < -0.3 is 15.4 Å². The molecule has 2 atom stereocenters. The zero-order valence-corrected chi connectivity index (χ0v) is 10.3. The molecular formula is C10H21ClN2O2. The van der Waals surface area contributed by atoms with Gasteiger partial charge in [0.05, 0.1) is 12.5 Å². The normalized spacial score (nSPS) is 22.3. The SMILES string of the molecule is COCC(C)C(=O)N1CCC(CN)C1.Cl. The van der Waals surface area contributed by atoms with Gasteiger partial charge >= 0.3 is 0 Å². The summed E-state index contributed by atoms with van der Waals surface area (Å²) in [4.78, 5) is 13.7. The number of nitrogens with two attached hydrogens (primary N) is 1. The average molecular weight is 237 g/mol. The van der Waals surface area contributed by atoms with Gasteiger partial charge in [-0.25, -0.2) is 0 Å². The minimum atomic E-state index is -0.0310. The first-order valence-corrected chi connectivity index (χ1v) is 5.16.